The van der Waals surface area contributed by atoms with Crippen molar-refractivity contribution in [2.45, 2.75) is 13.5 Å². The number of nitrogens with one attached hydrogen (secondary N) is 1. The molecule has 90 valence electrons. The van der Waals surface area contributed by atoms with Gasteiger partial charge in [0.15, 0.2) is 0 Å². The van der Waals surface area contributed by atoms with Gasteiger partial charge in [-0.2, -0.15) is 0 Å². The van der Waals surface area contributed by atoms with Crippen molar-refractivity contribution in [2.24, 2.45) is 7.05 Å². The third kappa shape index (κ3) is 3.05. The van der Waals surface area contributed by atoms with Crippen molar-refractivity contribution in [1.29, 1.82) is 0 Å². The molecular weight excluding hydrogens is 300 g/mol. The fourth-order valence-corrected chi connectivity index (χ4v) is 2.41. The quantitative estimate of drug-likeness (QED) is 0.891. The number of hydrogen-bond acceptors (Lipinski definition) is 1. The number of benzene rings is 1. The van der Waals surface area contributed by atoms with Crippen molar-refractivity contribution in [3.05, 3.63) is 51.2 Å². The monoisotopic (exact) mass is 312 g/mol. The molecule has 0 atom stereocenters. The Hall–Kier alpha value is -0.930. The summed E-state index contributed by atoms with van der Waals surface area (Å²) in [5.74, 6) is 0. The van der Waals surface area contributed by atoms with Crippen LogP contribution in [0.15, 0.2) is 35.1 Å². The van der Waals surface area contributed by atoms with Gasteiger partial charge in [-0.05, 0) is 52.2 Å². The van der Waals surface area contributed by atoms with Gasteiger partial charge in [0.05, 0.1) is 5.69 Å². The molecule has 4 heteroatoms. The predicted octanol–water partition coefficient (Wildman–Crippen LogP) is 4.36. The number of rotatable bonds is 3. The minimum Gasteiger partial charge on any atom is -0.380 e. The first-order valence-electron chi connectivity index (χ1n) is 5.36. The van der Waals surface area contributed by atoms with Crippen molar-refractivity contribution in [1.82, 2.24) is 4.57 Å². The van der Waals surface area contributed by atoms with E-state index in [1.165, 1.54) is 5.56 Å². The van der Waals surface area contributed by atoms with E-state index in [1.54, 1.807) is 0 Å². The number of nitrogens with zero attached hydrogens (tertiary/aromatic N) is 1. The average molecular weight is 314 g/mol. The first kappa shape index (κ1) is 12.5. The van der Waals surface area contributed by atoms with Gasteiger partial charge in [-0.25, -0.2) is 0 Å². The van der Waals surface area contributed by atoms with Gasteiger partial charge < -0.3 is 9.88 Å². The van der Waals surface area contributed by atoms with Crippen molar-refractivity contribution in [3.8, 4) is 0 Å². The maximum Gasteiger partial charge on any atom is 0.0502 e. The molecule has 0 saturated heterocycles. The highest BCUT2D eigenvalue weighted by Crippen LogP contribution is 2.29. The van der Waals surface area contributed by atoms with Gasteiger partial charge in [-0.15, -0.1) is 0 Å². The van der Waals surface area contributed by atoms with E-state index in [-0.39, 0.29) is 0 Å². The molecule has 0 radical (unpaired) electrons. The maximum atomic E-state index is 6.11. The van der Waals surface area contributed by atoms with Gasteiger partial charge in [-0.3, -0.25) is 0 Å². The zero-order valence-corrected chi connectivity index (χ0v) is 12.1. The number of halogens is 2. The van der Waals surface area contributed by atoms with E-state index in [0.29, 0.717) is 0 Å². The number of aryl methyl sites for hydroxylation is 2. The van der Waals surface area contributed by atoms with Crippen LogP contribution in [0.3, 0.4) is 0 Å². The Morgan fingerprint density at radius 2 is 2.18 bits per heavy atom. The normalized spacial score (nSPS) is 10.6. The van der Waals surface area contributed by atoms with Gasteiger partial charge in [0.2, 0.25) is 0 Å². The van der Waals surface area contributed by atoms with Crippen LogP contribution in [0.2, 0.25) is 5.02 Å². The average Bonchev–Trinajstić information content (AvgIpc) is 2.68. The van der Waals surface area contributed by atoms with E-state index in [4.69, 9.17) is 11.6 Å². The third-order valence-electron chi connectivity index (χ3n) is 2.62. The maximum absolute atomic E-state index is 6.11. The number of anilines is 1. The van der Waals surface area contributed by atoms with Crippen LogP contribution in [-0.2, 0) is 13.6 Å². The van der Waals surface area contributed by atoms with E-state index in [0.717, 1.165) is 27.3 Å². The van der Waals surface area contributed by atoms with E-state index in [9.17, 15) is 0 Å². The fourth-order valence-electron chi connectivity index (χ4n) is 1.64. The van der Waals surface area contributed by atoms with Crippen LogP contribution in [0.25, 0.3) is 0 Å². The van der Waals surface area contributed by atoms with Crippen LogP contribution in [0.1, 0.15) is 11.1 Å². The molecule has 0 spiro atoms. The Balaban J connectivity index is 2.11. The summed E-state index contributed by atoms with van der Waals surface area (Å²) in [4.78, 5) is 0. The van der Waals surface area contributed by atoms with Crippen LogP contribution < -0.4 is 5.32 Å². The highest BCUT2D eigenvalue weighted by molar-refractivity contribution is 9.10. The molecule has 2 rings (SSSR count). The predicted molar refractivity (Wildman–Crippen MR) is 76.6 cm³/mol. The summed E-state index contributed by atoms with van der Waals surface area (Å²) in [5.41, 5.74) is 3.34. The van der Waals surface area contributed by atoms with Gasteiger partial charge in [0.25, 0.3) is 0 Å². The second-order valence-electron chi connectivity index (χ2n) is 4.12. The summed E-state index contributed by atoms with van der Waals surface area (Å²) in [5, 5.41) is 4.15. The molecule has 0 bridgehead atoms. The first-order valence-corrected chi connectivity index (χ1v) is 6.54. The molecule has 0 aliphatic heterocycles. The van der Waals surface area contributed by atoms with Crippen molar-refractivity contribution >= 4 is 33.2 Å². The number of aromatic nitrogens is 1. The summed E-state index contributed by atoms with van der Waals surface area (Å²) in [6, 6.07) is 6.07. The summed E-state index contributed by atoms with van der Waals surface area (Å²) >= 11 is 9.64. The van der Waals surface area contributed by atoms with E-state index in [1.807, 2.05) is 36.9 Å². The zero-order valence-electron chi connectivity index (χ0n) is 9.80. The van der Waals surface area contributed by atoms with Crippen LogP contribution in [0.4, 0.5) is 5.69 Å². The Morgan fingerprint density at radius 3 is 2.82 bits per heavy atom. The second kappa shape index (κ2) is 5.15. The van der Waals surface area contributed by atoms with Crippen molar-refractivity contribution in [3.63, 3.8) is 0 Å². The summed E-state index contributed by atoms with van der Waals surface area (Å²) in [7, 11) is 2.02. The van der Waals surface area contributed by atoms with Gasteiger partial charge in [0.1, 0.15) is 0 Å². The summed E-state index contributed by atoms with van der Waals surface area (Å²) < 4.78 is 3.07. The Labute approximate surface area is 115 Å². The van der Waals surface area contributed by atoms with E-state index in [2.05, 4.69) is 33.5 Å². The minimum atomic E-state index is 0.781. The van der Waals surface area contributed by atoms with E-state index < -0.39 is 0 Å². The lowest BCUT2D eigenvalue weighted by molar-refractivity contribution is 0.920. The lowest BCUT2D eigenvalue weighted by atomic mass is 10.2. The van der Waals surface area contributed by atoms with Gasteiger partial charge >= 0.3 is 0 Å². The molecule has 2 aromatic rings. The molecule has 0 aliphatic carbocycles. The van der Waals surface area contributed by atoms with Crippen LogP contribution >= 0.6 is 27.5 Å². The third-order valence-corrected chi connectivity index (χ3v) is 3.69. The van der Waals surface area contributed by atoms with Gasteiger partial charge in [-0.1, -0.05) is 11.6 Å². The molecule has 17 heavy (non-hydrogen) atoms. The van der Waals surface area contributed by atoms with E-state index >= 15 is 0 Å². The SMILES string of the molecule is Cc1cc(Br)c(NCc2ccn(C)c2)cc1Cl. The molecule has 0 fully saturated rings. The molecule has 0 unspecified atom stereocenters. The topological polar surface area (TPSA) is 17.0 Å². The van der Waals surface area contributed by atoms with Crippen molar-refractivity contribution in [2.75, 3.05) is 5.32 Å². The van der Waals surface area contributed by atoms with Crippen molar-refractivity contribution < 1.29 is 0 Å². The molecule has 1 heterocycles. The molecule has 1 aromatic heterocycles. The molecular formula is C13H14BrClN2. The molecule has 0 aliphatic rings. The van der Waals surface area contributed by atoms with Crippen LogP contribution in [0, 0.1) is 6.92 Å². The van der Waals surface area contributed by atoms with Crippen LogP contribution in [0.5, 0.6) is 0 Å². The highest BCUT2D eigenvalue weighted by Gasteiger charge is 2.04. The Bertz CT molecular complexity index is 534. The standard InChI is InChI=1S/C13H14BrClN2/c1-9-5-11(14)13(6-12(9)15)16-7-10-3-4-17(2)8-10/h3-6,8,16H,7H2,1-2H3. The first-order chi connectivity index (χ1) is 8.06. The fraction of sp³-hybridized carbons (Fsp3) is 0.231. The molecule has 0 saturated carbocycles. The smallest absolute Gasteiger partial charge is 0.0502 e. The number of hydrogen-bond donors (Lipinski definition) is 1. The van der Waals surface area contributed by atoms with Gasteiger partial charge in [0, 0.05) is 35.5 Å². The molecule has 0 amide bonds. The summed E-state index contributed by atoms with van der Waals surface area (Å²) in [6.07, 6.45) is 4.13. The molecule has 1 N–H and O–H groups in total. The summed E-state index contributed by atoms with van der Waals surface area (Å²) in [6.45, 7) is 2.78. The Morgan fingerprint density at radius 1 is 1.41 bits per heavy atom. The minimum absolute atomic E-state index is 0.781. The zero-order chi connectivity index (χ0) is 12.4. The molecule has 2 nitrogen and oxygen atoms in total. The lowest BCUT2D eigenvalue weighted by Gasteiger charge is -2.09. The largest absolute Gasteiger partial charge is 0.380 e. The second-order valence-corrected chi connectivity index (χ2v) is 5.38. The molecule has 1 aromatic carbocycles. The van der Waals surface area contributed by atoms with Crippen LogP contribution in [-0.4, -0.2) is 4.57 Å². The Kier molecular flexibility index (Phi) is 3.79. The lowest BCUT2D eigenvalue weighted by Crippen LogP contribution is -1.99. The highest BCUT2D eigenvalue weighted by atomic mass is 79.9.